The van der Waals surface area contributed by atoms with E-state index in [-0.39, 0.29) is 0 Å². The van der Waals surface area contributed by atoms with Gasteiger partial charge in [-0.25, -0.2) is 4.98 Å². The number of hydrogen-bond donors (Lipinski definition) is 1. The summed E-state index contributed by atoms with van der Waals surface area (Å²) < 4.78 is 2.29. The van der Waals surface area contributed by atoms with Crippen LogP contribution in [0, 0.1) is 13.8 Å². The Bertz CT molecular complexity index is 918. The lowest BCUT2D eigenvalue weighted by Crippen LogP contribution is -2.19. The molecule has 3 heterocycles. The second kappa shape index (κ2) is 4.83. The summed E-state index contributed by atoms with van der Waals surface area (Å²) in [7, 11) is 0. The maximum Gasteiger partial charge on any atom is 0.129 e. The maximum absolute atomic E-state index is 4.63. The normalized spacial score (nSPS) is 14.6. The average molecular weight is 292 g/mol. The van der Waals surface area contributed by atoms with Crippen LogP contribution in [0.25, 0.3) is 16.4 Å². The molecule has 1 N–H and O–H groups in total. The summed E-state index contributed by atoms with van der Waals surface area (Å²) in [5.41, 5.74) is 6.37. The Morgan fingerprint density at radius 1 is 1.27 bits per heavy atom. The van der Waals surface area contributed by atoms with Gasteiger partial charge in [-0.3, -0.25) is 9.39 Å². The van der Waals surface area contributed by atoms with Crippen LogP contribution >= 0.6 is 0 Å². The van der Waals surface area contributed by atoms with Gasteiger partial charge in [-0.15, -0.1) is 0 Å². The first kappa shape index (κ1) is 13.3. The molecule has 0 spiro atoms. The lowest BCUT2D eigenvalue weighted by atomic mass is 10.0. The van der Waals surface area contributed by atoms with Gasteiger partial charge in [0.15, 0.2) is 0 Å². The molecule has 0 unspecified atom stereocenters. The number of aromatic nitrogens is 2. The van der Waals surface area contributed by atoms with Crippen molar-refractivity contribution in [1.82, 2.24) is 14.7 Å². The summed E-state index contributed by atoms with van der Waals surface area (Å²) in [6.45, 7) is 8.24. The smallest absolute Gasteiger partial charge is 0.129 e. The molecule has 4 nitrogen and oxygen atoms in total. The Hall–Kier alpha value is -2.36. The predicted octanol–water partition coefficient (Wildman–Crippen LogP) is 3.02. The van der Waals surface area contributed by atoms with Crippen LogP contribution in [0.3, 0.4) is 0 Å². The minimum Gasteiger partial charge on any atom is -0.368 e. The van der Waals surface area contributed by atoms with E-state index < -0.39 is 0 Å². The molecule has 0 aliphatic carbocycles. The summed E-state index contributed by atoms with van der Waals surface area (Å²) in [4.78, 5) is 9.18. The third kappa shape index (κ3) is 1.70. The first-order valence-corrected chi connectivity index (χ1v) is 7.89. The van der Waals surface area contributed by atoms with Crippen LogP contribution < -0.4 is 5.32 Å². The van der Waals surface area contributed by atoms with Crippen molar-refractivity contribution in [3.8, 4) is 0 Å². The van der Waals surface area contributed by atoms with Gasteiger partial charge in [0.1, 0.15) is 11.7 Å². The fourth-order valence-corrected chi connectivity index (χ4v) is 3.60. The van der Waals surface area contributed by atoms with Crippen molar-refractivity contribution in [3.05, 3.63) is 46.9 Å². The van der Waals surface area contributed by atoms with Crippen molar-refractivity contribution < 1.29 is 0 Å². The maximum atomic E-state index is 4.63. The molecule has 112 valence electrons. The number of rotatable bonds is 2. The molecule has 1 aliphatic heterocycles. The molecule has 1 aliphatic rings. The highest BCUT2D eigenvalue weighted by Crippen LogP contribution is 2.32. The van der Waals surface area contributed by atoms with Gasteiger partial charge < -0.3 is 5.32 Å². The average Bonchev–Trinajstić information content (AvgIpc) is 3.16. The Morgan fingerprint density at radius 3 is 2.86 bits per heavy atom. The fourth-order valence-electron chi connectivity index (χ4n) is 3.60. The lowest BCUT2D eigenvalue weighted by molar-refractivity contribution is 0.960. The quantitative estimate of drug-likeness (QED) is 0.789. The van der Waals surface area contributed by atoms with Crippen molar-refractivity contribution in [3.63, 3.8) is 0 Å². The zero-order valence-corrected chi connectivity index (χ0v) is 13.3. The van der Waals surface area contributed by atoms with Crippen LogP contribution in [0.15, 0.2) is 29.4 Å². The Kier molecular flexibility index (Phi) is 2.93. The van der Waals surface area contributed by atoms with Gasteiger partial charge in [-0.05, 0) is 37.5 Å². The molecule has 0 saturated heterocycles. The van der Waals surface area contributed by atoms with E-state index in [2.05, 4.69) is 58.7 Å². The summed E-state index contributed by atoms with van der Waals surface area (Å²) >= 11 is 0. The minimum atomic E-state index is 0.861. The minimum absolute atomic E-state index is 0.861. The van der Waals surface area contributed by atoms with E-state index in [4.69, 9.17) is 0 Å². The van der Waals surface area contributed by atoms with Crippen LogP contribution in [0.5, 0.6) is 0 Å². The number of nitrogens with one attached hydrogen (secondary N) is 1. The molecule has 0 saturated carbocycles. The molecule has 0 fully saturated rings. The Labute approximate surface area is 129 Å². The van der Waals surface area contributed by atoms with E-state index in [0.29, 0.717) is 0 Å². The summed E-state index contributed by atoms with van der Waals surface area (Å²) in [6, 6.07) is 6.48. The fraction of sp³-hybridized carbons (Fsp3) is 0.333. The Morgan fingerprint density at radius 2 is 2.14 bits per heavy atom. The molecular weight excluding hydrogens is 272 g/mol. The van der Waals surface area contributed by atoms with Crippen molar-refractivity contribution in [1.29, 1.82) is 0 Å². The van der Waals surface area contributed by atoms with Crippen LogP contribution in [0.4, 0.5) is 0 Å². The van der Waals surface area contributed by atoms with Crippen LogP contribution in [0.2, 0.25) is 0 Å². The highest BCUT2D eigenvalue weighted by molar-refractivity contribution is 6.13. The number of fused-ring (bicyclic) bond motifs is 3. The molecule has 22 heavy (non-hydrogen) atoms. The monoisotopic (exact) mass is 292 g/mol. The number of amidine groups is 1. The van der Waals surface area contributed by atoms with Gasteiger partial charge in [0.2, 0.25) is 0 Å². The van der Waals surface area contributed by atoms with Crippen LogP contribution in [-0.2, 0) is 6.42 Å². The molecular formula is C18H20N4. The SMILES string of the molecule is CCc1c2c(C3=NCCN3)cccc2n2c(C)ncc(C)c12. The van der Waals surface area contributed by atoms with Crippen molar-refractivity contribution in [2.24, 2.45) is 4.99 Å². The first-order valence-electron chi connectivity index (χ1n) is 7.89. The van der Waals surface area contributed by atoms with Crippen molar-refractivity contribution in [2.45, 2.75) is 27.2 Å². The molecule has 0 bridgehead atoms. The molecule has 0 amide bonds. The van der Waals surface area contributed by atoms with Gasteiger partial charge in [-0.1, -0.05) is 19.1 Å². The van der Waals surface area contributed by atoms with Gasteiger partial charge in [-0.2, -0.15) is 0 Å². The number of aryl methyl sites for hydroxylation is 3. The zero-order chi connectivity index (χ0) is 15.3. The van der Waals surface area contributed by atoms with E-state index in [1.165, 1.54) is 33.1 Å². The Balaban J connectivity index is 2.22. The van der Waals surface area contributed by atoms with Crippen LogP contribution in [0.1, 0.15) is 29.4 Å². The van der Waals surface area contributed by atoms with Gasteiger partial charge in [0.25, 0.3) is 0 Å². The molecule has 0 atom stereocenters. The van der Waals surface area contributed by atoms with E-state index in [1.54, 1.807) is 0 Å². The topological polar surface area (TPSA) is 41.7 Å². The van der Waals surface area contributed by atoms with Gasteiger partial charge in [0, 0.05) is 23.7 Å². The second-order valence-corrected chi connectivity index (χ2v) is 5.86. The standard InChI is InChI=1S/C18H20N4/c1-4-13-16-14(18-19-8-9-20-18)6-5-7-15(16)22-12(3)21-10-11(2)17(13)22/h5-7,10H,4,8-9H2,1-3H3,(H,19,20). The van der Waals surface area contributed by atoms with E-state index in [9.17, 15) is 0 Å². The lowest BCUT2D eigenvalue weighted by Gasteiger charge is -2.06. The van der Waals surface area contributed by atoms with E-state index in [1.807, 2.05) is 6.20 Å². The third-order valence-electron chi connectivity index (χ3n) is 4.52. The number of aliphatic imine (C=N–C) groups is 1. The summed E-state index contributed by atoms with van der Waals surface area (Å²) in [5.74, 6) is 2.06. The molecule has 1 aromatic carbocycles. The number of hydrogen-bond acceptors (Lipinski definition) is 3. The van der Waals surface area contributed by atoms with Crippen molar-refractivity contribution >= 4 is 22.3 Å². The number of nitrogens with zero attached hydrogens (tertiary/aromatic N) is 3. The summed E-state index contributed by atoms with van der Waals surface area (Å²) in [5, 5.41) is 4.73. The highest BCUT2D eigenvalue weighted by atomic mass is 15.1. The first-order chi connectivity index (χ1) is 10.7. The van der Waals surface area contributed by atoms with E-state index in [0.717, 1.165) is 31.2 Å². The molecule has 2 aromatic heterocycles. The summed E-state index contributed by atoms with van der Waals surface area (Å²) in [6.07, 6.45) is 2.98. The van der Waals surface area contributed by atoms with Gasteiger partial charge in [0.05, 0.1) is 17.6 Å². The number of benzene rings is 1. The third-order valence-corrected chi connectivity index (χ3v) is 4.52. The van der Waals surface area contributed by atoms with E-state index >= 15 is 0 Å². The molecule has 3 aromatic rings. The molecule has 4 rings (SSSR count). The van der Waals surface area contributed by atoms with Gasteiger partial charge >= 0.3 is 0 Å². The predicted molar refractivity (Wildman–Crippen MR) is 91.0 cm³/mol. The largest absolute Gasteiger partial charge is 0.368 e. The highest BCUT2D eigenvalue weighted by Gasteiger charge is 2.20. The molecule has 0 radical (unpaired) electrons. The molecule has 4 heteroatoms. The second-order valence-electron chi connectivity index (χ2n) is 5.86. The van der Waals surface area contributed by atoms with Crippen LogP contribution in [-0.4, -0.2) is 28.3 Å². The zero-order valence-electron chi connectivity index (χ0n) is 13.3. The van der Waals surface area contributed by atoms with Crippen molar-refractivity contribution in [2.75, 3.05) is 13.1 Å².